The second-order valence-corrected chi connectivity index (χ2v) is 9.33. The van der Waals surface area contributed by atoms with Gasteiger partial charge in [-0.15, -0.1) is 10.2 Å². The van der Waals surface area contributed by atoms with Crippen LogP contribution in [0.25, 0.3) is 0 Å². The minimum absolute atomic E-state index is 0.0310. The van der Waals surface area contributed by atoms with Crippen LogP contribution in [-0.2, 0) is 22.6 Å². The molecular weight excluding hydrogens is 410 g/mol. The van der Waals surface area contributed by atoms with Crippen LogP contribution in [0.15, 0.2) is 23.4 Å². The van der Waals surface area contributed by atoms with Gasteiger partial charge in [0.2, 0.25) is 11.8 Å². The van der Waals surface area contributed by atoms with Gasteiger partial charge in [-0.3, -0.25) is 9.59 Å². The number of benzene rings is 1. The molecule has 1 aliphatic rings. The highest BCUT2D eigenvalue weighted by Gasteiger charge is 2.23. The third-order valence-corrected chi connectivity index (χ3v) is 6.98. The maximum atomic E-state index is 12.5. The van der Waals surface area contributed by atoms with Gasteiger partial charge < -0.3 is 15.2 Å². The Hall–Kier alpha value is -2.35. The normalized spacial score (nSPS) is 18.6. The zero-order valence-corrected chi connectivity index (χ0v) is 19.7. The molecule has 1 aromatic carbocycles. The van der Waals surface area contributed by atoms with Crippen molar-refractivity contribution < 1.29 is 9.59 Å². The molecule has 1 heterocycles. The average Bonchev–Trinajstić information content (AvgIpc) is 3.12. The molecular formula is C23H33N5O2S. The summed E-state index contributed by atoms with van der Waals surface area (Å²) < 4.78 is 1.90. The molecule has 3 rings (SSSR count). The van der Waals surface area contributed by atoms with E-state index in [1.807, 2.05) is 43.5 Å². The number of rotatable bonds is 8. The van der Waals surface area contributed by atoms with E-state index in [1.165, 1.54) is 36.6 Å². The van der Waals surface area contributed by atoms with Crippen LogP contribution in [0.2, 0.25) is 0 Å². The fraction of sp³-hybridized carbons (Fsp3) is 0.565. The zero-order valence-electron chi connectivity index (χ0n) is 18.9. The Morgan fingerprint density at radius 1 is 1.13 bits per heavy atom. The number of nitrogens with one attached hydrogen (secondary N) is 2. The van der Waals surface area contributed by atoms with Gasteiger partial charge in [0.1, 0.15) is 5.82 Å². The van der Waals surface area contributed by atoms with E-state index in [9.17, 15) is 9.59 Å². The fourth-order valence-corrected chi connectivity index (χ4v) is 4.78. The molecule has 7 nitrogen and oxygen atoms in total. The summed E-state index contributed by atoms with van der Waals surface area (Å²) in [5.74, 6) is 1.34. The van der Waals surface area contributed by atoms with Crippen LogP contribution >= 0.6 is 11.8 Å². The van der Waals surface area contributed by atoms with Crippen LogP contribution in [0.5, 0.6) is 0 Å². The molecule has 0 spiro atoms. The molecule has 2 atom stereocenters. The zero-order chi connectivity index (χ0) is 22.4. The van der Waals surface area contributed by atoms with Gasteiger partial charge in [0.15, 0.2) is 5.16 Å². The third kappa shape index (κ3) is 6.32. The Morgan fingerprint density at radius 3 is 2.61 bits per heavy atom. The number of aromatic nitrogens is 3. The molecule has 0 unspecified atom stereocenters. The van der Waals surface area contributed by atoms with Crippen molar-refractivity contribution in [2.75, 3.05) is 11.1 Å². The van der Waals surface area contributed by atoms with E-state index in [4.69, 9.17) is 0 Å². The van der Waals surface area contributed by atoms with E-state index >= 15 is 0 Å². The molecule has 0 saturated heterocycles. The smallest absolute Gasteiger partial charge is 0.232 e. The fourth-order valence-electron chi connectivity index (χ4n) is 3.95. The molecule has 1 fully saturated rings. The number of aryl methyl sites for hydroxylation is 2. The van der Waals surface area contributed by atoms with Crippen LogP contribution in [-0.4, -0.2) is 38.4 Å². The topological polar surface area (TPSA) is 88.9 Å². The first-order chi connectivity index (χ1) is 14.9. The van der Waals surface area contributed by atoms with Crippen LogP contribution in [0.3, 0.4) is 0 Å². The lowest BCUT2D eigenvalue weighted by atomic mass is 9.86. The predicted octanol–water partition coefficient (Wildman–Crippen LogP) is 3.88. The quantitative estimate of drug-likeness (QED) is 0.605. The number of hydrogen-bond acceptors (Lipinski definition) is 5. The highest BCUT2D eigenvalue weighted by Crippen LogP contribution is 2.24. The maximum Gasteiger partial charge on any atom is 0.232 e. The molecule has 2 amide bonds. The molecule has 0 aliphatic heterocycles. The number of hydrogen-bond donors (Lipinski definition) is 2. The number of nitrogens with zero attached hydrogens (tertiary/aromatic N) is 3. The lowest BCUT2D eigenvalue weighted by molar-refractivity contribution is -0.120. The average molecular weight is 444 g/mol. The molecule has 1 saturated carbocycles. The third-order valence-electron chi connectivity index (χ3n) is 6.01. The molecule has 31 heavy (non-hydrogen) atoms. The molecule has 2 N–H and O–H groups in total. The number of carbonyl (C=O) groups is 2. The van der Waals surface area contributed by atoms with Gasteiger partial charge in [-0.1, -0.05) is 37.6 Å². The largest absolute Gasteiger partial charge is 0.352 e. The Labute approximate surface area is 188 Å². The summed E-state index contributed by atoms with van der Waals surface area (Å²) in [7, 11) is 0. The number of amides is 2. The van der Waals surface area contributed by atoms with Gasteiger partial charge in [0.25, 0.3) is 0 Å². The SMILES string of the molecule is CCn1c(CC(=O)Nc2ccc(C)c(C)c2)nnc1SCC(=O)N[C@@H]1CCCC[C@@H]1C. The molecule has 8 heteroatoms. The van der Waals surface area contributed by atoms with Gasteiger partial charge in [0, 0.05) is 18.3 Å². The molecule has 0 radical (unpaired) electrons. The van der Waals surface area contributed by atoms with E-state index in [0.717, 1.165) is 17.7 Å². The van der Waals surface area contributed by atoms with Gasteiger partial charge in [-0.2, -0.15) is 0 Å². The number of anilines is 1. The van der Waals surface area contributed by atoms with Crippen LogP contribution in [0, 0.1) is 19.8 Å². The van der Waals surface area contributed by atoms with Gasteiger partial charge in [-0.05, 0) is 62.8 Å². The van der Waals surface area contributed by atoms with Crippen molar-refractivity contribution in [3.8, 4) is 0 Å². The Kier molecular flexibility index (Phi) is 8.12. The molecule has 168 valence electrons. The van der Waals surface area contributed by atoms with Crippen molar-refractivity contribution in [3.05, 3.63) is 35.2 Å². The Balaban J connectivity index is 1.55. The van der Waals surface area contributed by atoms with Crippen molar-refractivity contribution in [1.29, 1.82) is 0 Å². The first-order valence-corrected chi connectivity index (χ1v) is 12.1. The van der Waals surface area contributed by atoms with E-state index in [2.05, 4.69) is 27.8 Å². The summed E-state index contributed by atoms with van der Waals surface area (Å²) >= 11 is 1.37. The molecule has 1 aromatic heterocycles. The van der Waals surface area contributed by atoms with Crippen molar-refractivity contribution in [2.45, 2.75) is 77.5 Å². The first-order valence-electron chi connectivity index (χ1n) is 11.1. The maximum absolute atomic E-state index is 12.5. The minimum atomic E-state index is -0.133. The van der Waals surface area contributed by atoms with Gasteiger partial charge >= 0.3 is 0 Å². The summed E-state index contributed by atoms with van der Waals surface area (Å²) in [5, 5.41) is 15.2. The first kappa shape index (κ1) is 23.3. The van der Waals surface area contributed by atoms with Crippen molar-refractivity contribution in [2.24, 2.45) is 5.92 Å². The van der Waals surface area contributed by atoms with Crippen molar-refractivity contribution in [3.63, 3.8) is 0 Å². The number of carbonyl (C=O) groups excluding carboxylic acids is 2. The second kappa shape index (κ2) is 10.8. The summed E-state index contributed by atoms with van der Waals surface area (Å²) in [6.45, 7) is 8.90. The van der Waals surface area contributed by atoms with E-state index < -0.39 is 0 Å². The highest BCUT2D eigenvalue weighted by molar-refractivity contribution is 7.99. The monoisotopic (exact) mass is 443 g/mol. The van der Waals surface area contributed by atoms with E-state index in [1.54, 1.807) is 0 Å². The summed E-state index contributed by atoms with van der Waals surface area (Å²) in [4.78, 5) is 24.9. The molecule has 2 aromatic rings. The van der Waals surface area contributed by atoms with E-state index in [0.29, 0.717) is 29.2 Å². The van der Waals surface area contributed by atoms with Crippen LogP contribution in [0.4, 0.5) is 5.69 Å². The summed E-state index contributed by atoms with van der Waals surface area (Å²) in [6.07, 6.45) is 4.81. The van der Waals surface area contributed by atoms with Gasteiger partial charge in [-0.25, -0.2) is 0 Å². The van der Waals surface area contributed by atoms with Gasteiger partial charge in [0.05, 0.1) is 12.2 Å². The second-order valence-electron chi connectivity index (χ2n) is 8.39. The van der Waals surface area contributed by atoms with Crippen molar-refractivity contribution in [1.82, 2.24) is 20.1 Å². The lowest BCUT2D eigenvalue weighted by Gasteiger charge is -2.29. The Bertz CT molecular complexity index is 927. The highest BCUT2D eigenvalue weighted by atomic mass is 32.2. The Morgan fingerprint density at radius 2 is 1.90 bits per heavy atom. The van der Waals surface area contributed by atoms with E-state index in [-0.39, 0.29) is 24.3 Å². The van der Waals surface area contributed by atoms with Crippen molar-refractivity contribution >= 4 is 29.3 Å². The minimum Gasteiger partial charge on any atom is -0.352 e. The number of thioether (sulfide) groups is 1. The summed E-state index contributed by atoms with van der Waals surface area (Å²) in [5.41, 5.74) is 3.10. The standard InChI is InChI=1S/C23H33N5O2S/c1-5-28-20(13-21(29)24-18-11-10-15(2)17(4)12-18)26-27-23(28)31-14-22(30)25-19-9-7-6-8-16(19)3/h10-12,16,19H,5-9,13-14H2,1-4H3,(H,24,29)(H,25,30)/t16-,19+/m0/s1. The van der Waals surface area contributed by atoms with Crippen LogP contribution < -0.4 is 10.6 Å². The van der Waals surface area contributed by atoms with Crippen LogP contribution in [0.1, 0.15) is 56.5 Å². The summed E-state index contributed by atoms with van der Waals surface area (Å²) in [6, 6.07) is 6.13. The lowest BCUT2D eigenvalue weighted by Crippen LogP contribution is -2.41. The molecule has 1 aliphatic carbocycles. The molecule has 0 bridgehead atoms. The predicted molar refractivity (Wildman–Crippen MR) is 124 cm³/mol.